The summed E-state index contributed by atoms with van der Waals surface area (Å²) in [6.45, 7) is 2.14. The summed E-state index contributed by atoms with van der Waals surface area (Å²) in [6, 6.07) is 10.9. The molecule has 0 atom stereocenters. The Hall–Kier alpha value is -2.69. The van der Waals surface area contributed by atoms with Gasteiger partial charge in [-0.15, -0.1) is 0 Å². The zero-order valence-electron chi connectivity index (χ0n) is 12.6. The summed E-state index contributed by atoms with van der Waals surface area (Å²) in [5.74, 6) is -0.528. The number of carbonyl (C=O) groups excluding carboxylic acids is 2. The highest BCUT2D eigenvalue weighted by molar-refractivity contribution is 5.92. The lowest BCUT2D eigenvalue weighted by atomic mass is 10.0. The molecule has 114 valence electrons. The van der Waals surface area contributed by atoms with E-state index < -0.39 is 0 Å². The lowest BCUT2D eigenvalue weighted by Crippen LogP contribution is -2.19. The maximum Gasteiger partial charge on any atom is 0.338 e. The Bertz CT molecular complexity index is 666. The molecule has 0 unspecified atom stereocenters. The van der Waals surface area contributed by atoms with E-state index in [0.717, 1.165) is 11.1 Å². The van der Waals surface area contributed by atoms with Crippen molar-refractivity contribution in [3.8, 4) is 0 Å². The van der Waals surface area contributed by atoms with Crippen molar-refractivity contribution >= 4 is 11.9 Å². The number of rotatable bonds is 5. The molecule has 1 aromatic carbocycles. The fourth-order valence-electron chi connectivity index (χ4n) is 2.05. The van der Waals surface area contributed by atoms with Crippen LogP contribution in [-0.2, 0) is 11.2 Å². The summed E-state index contributed by atoms with van der Waals surface area (Å²) in [5, 5.41) is 2.55. The van der Waals surface area contributed by atoms with E-state index in [1.165, 1.54) is 0 Å². The molecule has 0 bridgehead atoms. The number of nitrogens with one attached hydrogen (secondary N) is 1. The minimum atomic E-state index is -0.320. The van der Waals surface area contributed by atoms with Gasteiger partial charge in [0.05, 0.1) is 12.2 Å². The Labute approximate surface area is 129 Å². The van der Waals surface area contributed by atoms with Crippen molar-refractivity contribution in [2.45, 2.75) is 13.3 Å². The normalized spacial score (nSPS) is 10.1. The van der Waals surface area contributed by atoms with E-state index in [1.54, 1.807) is 38.4 Å². The molecule has 5 nitrogen and oxygen atoms in total. The van der Waals surface area contributed by atoms with Crippen LogP contribution < -0.4 is 5.32 Å². The van der Waals surface area contributed by atoms with Crippen molar-refractivity contribution in [3.63, 3.8) is 0 Å². The number of benzene rings is 1. The van der Waals surface area contributed by atoms with Gasteiger partial charge in [-0.25, -0.2) is 4.79 Å². The molecular weight excluding hydrogens is 280 g/mol. The van der Waals surface area contributed by atoms with Gasteiger partial charge in [-0.05, 0) is 48.7 Å². The molecule has 0 saturated heterocycles. The third kappa shape index (κ3) is 3.91. The van der Waals surface area contributed by atoms with Crippen LogP contribution in [0.25, 0.3) is 0 Å². The van der Waals surface area contributed by atoms with Crippen molar-refractivity contribution in [2.75, 3.05) is 13.7 Å². The molecule has 0 spiro atoms. The Morgan fingerprint density at radius 2 is 1.86 bits per heavy atom. The van der Waals surface area contributed by atoms with Crippen LogP contribution in [0.2, 0.25) is 0 Å². The number of pyridine rings is 1. The predicted octanol–water partition coefficient (Wildman–Crippen LogP) is 2.21. The minimum absolute atomic E-state index is 0.209. The van der Waals surface area contributed by atoms with Gasteiger partial charge in [0.25, 0.3) is 5.91 Å². The van der Waals surface area contributed by atoms with E-state index in [0.29, 0.717) is 24.3 Å². The second-order valence-corrected chi connectivity index (χ2v) is 4.72. The molecule has 0 fully saturated rings. The highest BCUT2D eigenvalue weighted by Gasteiger charge is 2.08. The first kappa shape index (κ1) is 15.7. The van der Waals surface area contributed by atoms with Gasteiger partial charge < -0.3 is 10.1 Å². The van der Waals surface area contributed by atoms with E-state index >= 15 is 0 Å². The molecule has 1 aromatic heterocycles. The number of hydrogen-bond acceptors (Lipinski definition) is 4. The largest absolute Gasteiger partial charge is 0.462 e. The van der Waals surface area contributed by atoms with Crippen LogP contribution in [-0.4, -0.2) is 30.5 Å². The fourth-order valence-corrected chi connectivity index (χ4v) is 2.05. The van der Waals surface area contributed by atoms with Crippen LogP contribution in [0.4, 0.5) is 0 Å². The highest BCUT2D eigenvalue weighted by Crippen LogP contribution is 2.12. The third-order valence-corrected chi connectivity index (χ3v) is 3.16. The molecule has 22 heavy (non-hydrogen) atoms. The molecular formula is C17H18N2O3. The third-order valence-electron chi connectivity index (χ3n) is 3.16. The molecule has 2 aromatic rings. The average molecular weight is 298 g/mol. The van der Waals surface area contributed by atoms with Gasteiger partial charge in [-0.3, -0.25) is 9.78 Å². The number of ether oxygens (including phenoxy) is 1. The highest BCUT2D eigenvalue weighted by atomic mass is 16.5. The number of carbonyl (C=O) groups is 2. The van der Waals surface area contributed by atoms with E-state index in [-0.39, 0.29) is 11.9 Å². The average Bonchev–Trinajstić information content (AvgIpc) is 2.55. The van der Waals surface area contributed by atoms with Crippen molar-refractivity contribution < 1.29 is 14.3 Å². The molecule has 0 aliphatic heterocycles. The number of amides is 1. The van der Waals surface area contributed by atoms with E-state index in [1.807, 2.05) is 18.2 Å². The lowest BCUT2D eigenvalue weighted by Gasteiger charge is -2.06. The van der Waals surface area contributed by atoms with Crippen molar-refractivity contribution in [3.05, 3.63) is 65.0 Å². The van der Waals surface area contributed by atoms with E-state index in [2.05, 4.69) is 10.3 Å². The molecule has 0 radical (unpaired) electrons. The van der Waals surface area contributed by atoms with Gasteiger partial charge in [0, 0.05) is 13.2 Å². The summed E-state index contributed by atoms with van der Waals surface area (Å²) in [6.07, 6.45) is 2.28. The predicted molar refractivity (Wildman–Crippen MR) is 82.8 cm³/mol. The van der Waals surface area contributed by atoms with Gasteiger partial charge in [0.2, 0.25) is 0 Å². The first-order valence-corrected chi connectivity index (χ1v) is 7.07. The van der Waals surface area contributed by atoms with Crippen LogP contribution >= 0.6 is 0 Å². The molecule has 0 saturated carbocycles. The lowest BCUT2D eigenvalue weighted by molar-refractivity contribution is 0.0526. The number of nitrogens with zero attached hydrogens (tertiary/aromatic N) is 1. The summed E-state index contributed by atoms with van der Waals surface area (Å²) >= 11 is 0. The van der Waals surface area contributed by atoms with E-state index in [9.17, 15) is 9.59 Å². The smallest absolute Gasteiger partial charge is 0.338 e. The second-order valence-electron chi connectivity index (χ2n) is 4.72. The van der Waals surface area contributed by atoms with Crippen LogP contribution in [0.3, 0.4) is 0 Å². The van der Waals surface area contributed by atoms with Crippen molar-refractivity contribution in [1.29, 1.82) is 0 Å². The Morgan fingerprint density at radius 3 is 2.50 bits per heavy atom. The monoisotopic (exact) mass is 298 g/mol. The standard InChI is InChI=1S/C17H18N2O3/c1-3-22-17(21)14-6-4-12(5-7-14)10-13-8-9-19-15(11-13)16(20)18-2/h4-9,11H,3,10H2,1-2H3,(H,18,20). The topological polar surface area (TPSA) is 68.3 Å². The molecule has 0 aliphatic rings. The summed E-state index contributed by atoms with van der Waals surface area (Å²) < 4.78 is 4.95. The van der Waals surface area contributed by atoms with Gasteiger partial charge in [-0.2, -0.15) is 0 Å². The number of esters is 1. The first-order chi connectivity index (χ1) is 10.6. The van der Waals surface area contributed by atoms with Crippen LogP contribution in [0, 0.1) is 0 Å². The van der Waals surface area contributed by atoms with Crippen molar-refractivity contribution in [1.82, 2.24) is 10.3 Å². The van der Waals surface area contributed by atoms with Crippen LogP contribution in [0.1, 0.15) is 38.9 Å². The Kier molecular flexibility index (Phi) is 5.25. The van der Waals surface area contributed by atoms with Crippen LogP contribution in [0.15, 0.2) is 42.6 Å². The number of aromatic nitrogens is 1. The molecule has 1 amide bonds. The SMILES string of the molecule is CCOC(=O)c1ccc(Cc2ccnc(C(=O)NC)c2)cc1. The fraction of sp³-hybridized carbons (Fsp3) is 0.235. The summed E-state index contributed by atoms with van der Waals surface area (Å²) in [7, 11) is 1.57. The molecule has 1 N–H and O–H groups in total. The molecule has 0 aliphatic carbocycles. The number of hydrogen-bond donors (Lipinski definition) is 1. The first-order valence-electron chi connectivity index (χ1n) is 7.07. The van der Waals surface area contributed by atoms with Crippen LogP contribution in [0.5, 0.6) is 0 Å². The Balaban J connectivity index is 2.11. The second kappa shape index (κ2) is 7.36. The molecule has 1 heterocycles. The van der Waals surface area contributed by atoms with Gasteiger partial charge in [0.15, 0.2) is 0 Å². The maximum absolute atomic E-state index is 11.6. The van der Waals surface area contributed by atoms with Crippen molar-refractivity contribution in [2.24, 2.45) is 0 Å². The quantitative estimate of drug-likeness (QED) is 0.859. The van der Waals surface area contributed by atoms with Gasteiger partial charge >= 0.3 is 5.97 Å². The zero-order valence-corrected chi connectivity index (χ0v) is 12.6. The maximum atomic E-state index is 11.6. The summed E-state index contributed by atoms with van der Waals surface area (Å²) in [5.41, 5.74) is 2.95. The zero-order chi connectivity index (χ0) is 15.9. The van der Waals surface area contributed by atoms with Gasteiger partial charge in [0.1, 0.15) is 5.69 Å². The summed E-state index contributed by atoms with van der Waals surface area (Å²) in [4.78, 5) is 27.2. The minimum Gasteiger partial charge on any atom is -0.462 e. The molecule has 2 rings (SSSR count). The van der Waals surface area contributed by atoms with E-state index in [4.69, 9.17) is 4.74 Å². The van der Waals surface area contributed by atoms with Gasteiger partial charge in [-0.1, -0.05) is 12.1 Å². The Morgan fingerprint density at radius 1 is 1.14 bits per heavy atom. The molecule has 5 heteroatoms.